The maximum atomic E-state index is 13.6. The highest BCUT2D eigenvalue weighted by Crippen LogP contribution is 2.40. The van der Waals surface area contributed by atoms with Crippen LogP contribution in [0.2, 0.25) is 0 Å². The van der Waals surface area contributed by atoms with Crippen molar-refractivity contribution in [1.29, 1.82) is 0 Å². The second-order valence-electron chi connectivity index (χ2n) is 3.30. The van der Waals surface area contributed by atoms with Gasteiger partial charge in [-0.1, -0.05) is 15.9 Å². The van der Waals surface area contributed by atoms with Crippen LogP contribution in [0.3, 0.4) is 0 Å². The van der Waals surface area contributed by atoms with Gasteiger partial charge in [0.1, 0.15) is 0 Å². The molecule has 76 valence electrons. The summed E-state index contributed by atoms with van der Waals surface area (Å²) >= 11 is 3.16. The van der Waals surface area contributed by atoms with Crippen LogP contribution >= 0.6 is 15.9 Å². The van der Waals surface area contributed by atoms with Gasteiger partial charge in [-0.05, 0) is 18.2 Å². The van der Waals surface area contributed by atoms with Crippen LogP contribution in [-0.2, 0) is 5.92 Å². The monoisotopic (exact) mass is 262 g/mol. The van der Waals surface area contributed by atoms with E-state index in [1.165, 1.54) is 6.07 Å². The van der Waals surface area contributed by atoms with E-state index >= 15 is 0 Å². The van der Waals surface area contributed by atoms with Crippen LogP contribution in [0.4, 0.5) is 14.5 Å². The number of hydrogen-bond donors (Lipinski definition) is 2. The minimum absolute atomic E-state index is 0.0365. The summed E-state index contributed by atoms with van der Waals surface area (Å²) < 4.78 is 27.8. The van der Waals surface area contributed by atoms with Crippen molar-refractivity contribution in [2.75, 3.05) is 11.9 Å². The molecule has 0 aliphatic carbocycles. The lowest BCUT2D eigenvalue weighted by Gasteiger charge is -2.31. The van der Waals surface area contributed by atoms with Crippen molar-refractivity contribution in [1.82, 2.24) is 0 Å². The highest BCUT2D eigenvalue weighted by atomic mass is 79.9. The standard InChI is InChI=1S/C9H9BrF2N2/c10-5-1-2-7-6(3-5)9(11,12)8(13)4-14-7/h1-3,8,14H,4,13H2. The highest BCUT2D eigenvalue weighted by Gasteiger charge is 2.43. The van der Waals surface area contributed by atoms with Crippen molar-refractivity contribution in [2.24, 2.45) is 5.73 Å². The molecule has 0 fully saturated rings. The molecule has 3 N–H and O–H groups in total. The molecule has 1 atom stereocenters. The molecule has 5 heteroatoms. The molecule has 2 nitrogen and oxygen atoms in total. The Morgan fingerprint density at radius 3 is 2.93 bits per heavy atom. The molecule has 0 bridgehead atoms. The Hall–Kier alpha value is -0.680. The Balaban J connectivity index is 2.55. The highest BCUT2D eigenvalue weighted by molar-refractivity contribution is 9.10. The maximum Gasteiger partial charge on any atom is 0.291 e. The van der Waals surface area contributed by atoms with Gasteiger partial charge < -0.3 is 11.1 Å². The van der Waals surface area contributed by atoms with Gasteiger partial charge in [-0.25, -0.2) is 0 Å². The van der Waals surface area contributed by atoms with E-state index in [4.69, 9.17) is 5.73 Å². The zero-order valence-electron chi connectivity index (χ0n) is 7.23. The molecule has 1 aromatic rings. The number of hydrogen-bond acceptors (Lipinski definition) is 2. The van der Waals surface area contributed by atoms with Crippen LogP contribution in [0.15, 0.2) is 22.7 Å². The molecule has 1 aliphatic rings. The van der Waals surface area contributed by atoms with Gasteiger partial charge in [-0.3, -0.25) is 0 Å². The Morgan fingerprint density at radius 1 is 1.50 bits per heavy atom. The normalized spacial score (nSPS) is 23.9. The summed E-state index contributed by atoms with van der Waals surface area (Å²) in [4.78, 5) is 0. The van der Waals surface area contributed by atoms with E-state index in [-0.39, 0.29) is 12.1 Å². The fraction of sp³-hybridized carbons (Fsp3) is 0.333. The van der Waals surface area contributed by atoms with Gasteiger partial charge in [-0.15, -0.1) is 0 Å². The fourth-order valence-electron chi connectivity index (χ4n) is 1.49. The number of alkyl halides is 2. The largest absolute Gasteiger partial charge is 0.383 e. The molecule has 0 spiro atoms. The van der Waals surface area contributed by atoms with Gasteiger partial charge in [0.05, 0.1) is 6.04 Å². The van der Waals surface area contributed by atoms with E-state index in [2.05, 4.69) is 21.2 Å². The average molecular weight is 263 g/mol. The molecule has 0 radical (unpaired) electrons. The van der Waals surface area contributed by atoms with Crippen molar-refractivity contribution in [2.45, 2.75) is 12.0 Å². The summed E-state index contributed by atoms with van der Waals surface area (Å²) in [6, 6.07) is 3.59. The Labute approximate surface area is 88.6 Å². The molecular formula is C9H9BrF2N2. The Bertz CT molecular complexity index is 368. The molecule has 0 saturated carbocycles. The minimum atomic E-state index is -2.95. The topological polar surface area (TPSA) is 38.0 Å². The number of halogens is 3. The molecule has 1 heterocycles. The molecule has 1 unspecified atom stereocenters. The maximum absolute atomic E-state index is 13.6. The third-order valence-corrected chi connectivity index (χ3v) is 2.81. The van der Waals surface area contributed by atoms with Crippen LogP contribution in [0.1, 0.15) is 5.56 Å². The van der Waals surface area contributed by atoms with Crippen LogP contribution in [-0.4, -0.2) is 12.6 Å². The van der Waals surface area contributed by atoms with Crippen LogP contribution in [0.5, 0.6) is 0 Å². The molecule has 0 saturated heterocycles. The summed E-state index contributed by atoms with van der Waals surface area (Å²) in [6.07, 6.45) is 0. The van der Waals surface area contributed by atoms with Gasteiger partial charge in [0, 0.05) is 22.3 Å². The predicted octanol–water partition coefficient (Wildman–Crippen LogP) is 2.29. The summed E-state index contributed by atoms with van der Waals surface area (Å²) in [5, 5.41) is 2.87. The fourth-order valence-corrected chi connectivity index (χ4v) is 1.86. The smallest absolute Gasteiger partial charge is 0.291 e. The summed E-state index contributed by atoms with van der Waals surface area (Å²) in [6.45, 7) is 0.0988. The zero-order valence-corrected chi connectivity index (χ0v) is 8.81. The quantitative estimate of drug-likeness (QED) is 0.753. The van der Waals surface area contributed by atoms with E-state index in [0.717, 1.165) is 0 Å². The van der Waals surface area contributed by atoms with Crippen molar-refractivity contribution < 1.29 is 8.78 Å². The van der Waals surface area contributed by atoms with Crippen molar-refractivity contribution in [3.05, 3.63) is 28.2 Å². The molecule has 2 rings (SSSR count). The molecule has 0 aromatic heterocycles. The van der Waals surface area contributed by atoms with Crippen LogP contribution in [0, 0.1) is 0 Å². The van der Waals surface area contributed by atoms with Gasteiger partial charge >= 0.3 is 0 Å². The number of nitrogens with two attached hydrogens (primary N) is 1. The first kappa shape index (κ1) is 9.86. The first-order valence-corrected chi connectivity index (χ1v) is 4.98. The molecular weight excluding hydrogens is 254 g/mol. The first-order valence-electron chi connectivity index (χ1n) is 4.19. The average Bonchev–Trinajstić information content (AvgIpc) is 2.13. The van der Waals surface area contributed by atoms with Crippen molar-refractivity contribution in [3.8, 4) is 0 Å². The Morgan fingerprint density at radius 2 is 2.21 bits per heavy atom. The van der Waals surface area contributed by atoms with Gasteiger partial charge in [-0.2, -0.15) is 8.78 Å². The number of benzene rings is 1. The second kappa shape index (κ2) is 3.17. The third-order valence-electron chi connectivity index (χ3n) is 2.32. The lowest BCUT2D eigenvalue weighted by Crippen LogP contribution is -2.47. The first-order chi connectivity index (χ1) is 6.51. The van der Waals surface area contributed by atoms with Gasteiger partial charge in [0.15, 0.2) is 0 Å². The number of rotatable bonds is 0. The number of anilines is 1. The second-order valence-corrected chi connectivity index (χ2v) is 4.22. The van der Waals surface area contributed by atoms with Crippen LogP contribution < -0.4 is 11.1 Å². The molecule has 14 heavy (non-hydrogen) atoms. The van der Waals surface area contributed by atoms with Crippen molar-refractivity contribution >= 4 is 21.6 Å². The van der Waals surface area contributed by atoms with E-state index in [9.17, 15) is 8.78 Å². The zero-order chi connectivity index (χ0) is 10.3. The number of nitrogens with one attached hydrogen (secondary N) is 1. The summed E-state index contributed by atoms with van der Waals surface area (Å²) in [7, 11) is 0. The van der Waals surface area contributed by atoms with E-state index < -0.39 is 12.0 Å². The van der Waals surface area contributed by atoms with E-state index in [1.807, 2.05) is 0 Å². The molecule has 0 amide bonds. The van der Waals surface area contributed by atoms with Gasteiger partial charge in [0.25, 0.3) is 5.92 Å². The SMILES string of the molecule is NC1CNc2ccc(Br)cc2C1(F)F. The van der Waals surface area contributed by atoms with E-state index in [0.29, 0.717) is 10.2 Å². The summed E-state index contributed by atoms with van der Waals surface area (Å²) in [5.41, 5.74) is 5.77. The van der Waals surface area contributed by atoms with E-state index in [1.54, 1.807) is 12.1 Å². The third kappa shape index (κ3) is 1.40. The van der Waals surface area contributed by atoms with Crippen molar-refractivity contribution in [3.63, 3.8) is 0 Å². The lowest BCUT2D eigenvalue weighted by molar-refractivity contribution is -0.0300. The van der Waals surface area contributed by atoms with Gasteiger partial charge in [0.2, 0.25) is 0 Å². The number of fused-ring (bicyclic) bond motifs is 1. The summed E-state index contributed by atoms with van der Waals surface area (Å²) in [5.74, 6) is -2.95. The Kier molecular flexibility index (Phi) is 2.23. The van der Waals surface area contributed by atoms with Crippen LogP contribution in [0.25, 0.3) is 0 Å². The minimum Gasteiger partial charge on any atom is -0.383 e. The molecule has 1 aliphatic heterocycles. The lowest BCUT2D eigenvalue weighted by atomic mass is 9.96. The molecule has 1 aromatic carbocycles. The predicted molar refractivity (Wildman–Crippen MR) is 54.5 cm³/mol.